The number of rotatable bonds is 3. The Bertz CT molecular complexity index is 541. The number of carbonyl (C=O) groups excluding carboxylic acids is 1. The Labute approximate surface area is 151 Å². The van der Waals surface area contributed by atoms with Crippen LogP contribution >= 0.6 is 28.3 Å². The van der Waals surface area contributed by atoms with Crippen molar-refractivity contribution in [2.75, 3.05) is 13.1 Å². The van der Waals surface area contributed by atoms with E-state index in [9.17, 15) is 4.79 Å². The smallest absolute Gasteiger partial charge is 0.241 e. The molecule has 2 heterocycles. The summed E-state index contributed by atoms with van der Waals surface area (Å²) in [4.78, 5) is 14.7. The zero-order valence-electron chi connectivity index (χ0n) is 13.2. The Morgan fingerprint density at radius 3 is 2.61 bits per heavy atom. The molecular weight excluding hydrogens is 380 g/mol. The molecule has 0 aliphatic carbocycles. The highest BCUT2D eigenvalue weighted by molar-refractivity contribution is 9.10. The summed E-state index contributed by atoms with van der Waals surface area (Å²) in [6.07, 6.45) is 1.79. The van der Waals surface area contributed by atoms with E-state index in [4.69, 9.17) is 5.73 Å². The number of hydrogen-bond acceptors (Lipinski definition) is 4. The molecule has 1 amide bonds. The van der Waals surface area contributed by atoms with E-state index in [1.54, 1.807) is 0 Å². The Hall–Kier alpha value is -0.660. The topological polar surface area (TPSA) is 70.4 Å². The molecule has 0 bridgehead atoms. The van der Waals surface area contributed by atoms with Gasteiger partial charge < -0.3 is 10.6 Å². The molecule has 4 atom stereocenters. The van der Waals surface area contributed by atoms with Crippen LogP contribution in [0.1, 0.15) is 31.4 Å². The molecule has 0 radical (unpaired) electrons. The molecule has 2 aliphatic heterocycles. The standard InChI is InChI=1S/C16H23BrN4O.ClH/c1-10-6-11(8-18)9-21(10)16(22)15-7-14(19-20-15)12-2-4-13(17)5-3-12;/h2-5,10-11,14-15,19-20H,6-9,18H2,1H3;1H. The maximum absolute atomic E-state index is 12.7. The highest BCUT2D eigenvalue weighted by Gasteiger charge is 2.38. The molecule has 7 heteroatoms. The normalized spacial score (nSPS) is 30.3. The maximum atomic E-state index is 12.7. The lowest BCUT2D eigenvalue weighted by Gasteiger charge is -2.24. The van der Waals surface area contributed by atoms with Crippen LogP contribution < -0.4 is 16.6 Å². The van der Waals surface area contributed by atoms with Crippen LogP contribution in [0.5, 0.6) is 0 Å². The largest absolute Gasteiger partial charge is 0.338 e. The van der Waals surface area contributed by atoms with E-state index in [1.807, 2.05) is 17.0 Å². The average molecular weight is 404 g/mol. The number of carbonyl (C=O) groups is 1. The summed E-state index contributed by atoms with van der Waals surface area (Å²) in [7, 11) is 0. The van der Waals surface area contributed by atoms with Crippen molar-refractivity contribution in [2.45, 2.75) is 37.9 Å². The molecule has 1 aromatic carbocycles. The van der Waals surface area contributed by atoms with Gasteiger partial charge in [-0.05, 0) is 49.9 Å². The second-order valence-electron chi connectivity index (χ2n) is 6.36. The Morgan fingerprint density at radius 1 is 1.30 bits per heavy atom. The zero-order valence-corrected chi connectivity index (χ0v) is 15.6. The second-order valence-corrected chi connectivity index (χ2v) is 7.27. The number of nitrogens with two attached hydrogens (primary N) is 1. The van der Waals surface area contributed by atoms with Crippen LogP contribution in [-0.2, 0) is 4.79 Å². The first-order valence-corrected chi connectivity index (χ1v) is 8.65. The molecule has 0 saturated carbocycles. The van der Waals surface area contributed by atoms with Gasteiger partial charge in [-0.15, -0.1) is 12.4 Å². The van der Waals surface area contributed by atoms with Gasteiger partial charge >= 0.3 is 0 Å². The number of halogens is 2. The summed E-state index contributed by atoms with van der Waals surface area (Å²) >= 11 is 3.45. The molecule has 0 aromatic heterocycles. The van der Waals surface area contributed by atoms with E-state index >= 15 is 0 Å². The Kier molecular flexibility index (Phi) is 6.45. The molecule has 1 aromatic rings. The van der Waals surface area contributed by atoms with Crippen molar-refractivity contribution < 1.29 is 4.79 Å². The van der Waals surface area contributed by atoms with Gasteiger partial charge in [-0.25, -0.2) is 10.9 Å². The second kappa shape index (κ2) is 7.94. The minimum Gasteiger partial charge on any atom is -0.338 e. The van der Waals surface area contributed by atoms with Crippen LogP contribution in [0.25, 0.3) is 0 Å². The minimum atomic E-state index is -0.160. The van der Waals surface area contributed by atoms with E-state index in [-0.39, 0.29) is 36.4 Å². The first kappa shape index (κ1) is 18.7. The number of nitrogens with zero attached hydrogens (tertiary/aromatic N) is 1. The van der Waals surface area contributed by atoms with Crippen LogP contribution in [0, 0.1) is 5.92 Å². The monoisotopic (exact) mass is 402 g/mol. The lowest BCUT2D eigenvalue weighted by Crippen LogP contribution is -2.47. The molecule has 2 saturated heterocycles. The number of hydrogen-bond donors (Lipinski definition) is 3. The van der Waals surface area contributed by atoms with Gasteiger partial charge in [0.1, 0.15) is 6.04 Å². The highest BCUT2D eigenvalue weighted by Crippen LogP contribution is 2.28. The predicted octanol–water partition coefficient (Wildman–Crippen LogP) is 1.97. The SMILES string of the molecule is CC1CC(CN)CN1C(=O)C1CC(c2ccc(Br)cc2)NN1.Cl. The van der Waals surface area contributed by atoms with E-state index in [1.165, 1.54) is 5.56 Å². The van der Waals surface area contributed by atoms with Gasteiger partial charge in [0.15, 0.2) is 0 Å². The summed E-state index contributed by atoms with van der Waals surface area (Å²) in [6.45, 7) is 3.56. The summed E-state index contributed by atoms with van der Waals surface area (Å²) in [6, 6.07) is 8.52. The van der Waals surface area contributed by atoms with E-state index in [0.29, 0.717) is 12.5 Å². The summed E-state index contributed by atoms with van der Waals surface area (Å²) < 4.78 is 1.06. The van der Waals surface area contributed by atoms with Crippen LogP contribution in [0.3, 0.4) is 0 Å². The van der Waals surface area contributed by atoms with Gasteiger partial charge in [-0.2, -0.15) is 0 Å². The summed E-state index contributed by atoms with van der Waals surface area (Å²) in [5, 5.41) is 0. The third kappa shape index (κ3) is 4.06. The van der Waals surface area contributed by atoms with Crippen molar-refractivity contribution in [1.82, 2.24) is 15.8 Å². The van der Waals surface area contributed by atoms with Crippen molar-refractivity contribution in [3.05, 3.63) is 34.3 Å². The number of nitrogens with one attached hydrogen (secondary N) is 2. The maximum Gasteiger partial charge on any atom is 0.241 e. The van der Waals surface area contributed by atoms with Gasteiger partial charge in [0, 0.05) is 23.1 Å². The summed E-state index contributed by atoms with van der Waals surface area (Å²) in [5.41, 5.74) is 13.4. The van der Waals surface area contributed by atoms with Crippen LogP contribution in [-0.4, -0.2) is 36.0 Å². The quantitative estimate of drug-likeness (QED) is 0.722. The fourth-order valence-corrected chi connectivity index (χ4v) is 3.72. The van der Waals surface area contributed by atoms with E-state index < -0.39 is 0 Å². The fourth-order valence-electron chi connectivity index (χ4n) is 3.45. The third-order valence-electron chi connectivity index (χ3n) is 4.75. The predicted molar refractivity (Wildman–Crippen MR) is 97.1 cm³/mol. The third-order valence-corrected chi connectivity index (χ3v) is 5.28. The molecule has 4 unspecified atom stereocenters. The van der Waals surface area contributed by atoms with Gasteiger partial charge in [0.05, 0.1) is 0 Å². The number of benzene rings is 1. The number of amides is 1. The molecule has 128 valence electrons. The van der Waals surface area contributed by atoms with Crippen molar-refractivity contribution in [1.29, 1.82) is 0 Å². The summed E-state index contributed by atoms with van der Waals surface area (Å²) in [5.74, 6) is 0.631. The molecule has 3 rings (SSSR count). The van der Waals surface area contributed by atoms with Crippen molar-refractivity contribution >= 4 is 34.2 Å². The van der Waals surface area contributed by atoms with Gasteiger partial charge in [0.2, 0.25) is 5.91 Å². The van der Waals surface area contributed by atoms with E-state index in [2.05, 4.69) is 45.8 Å². The van der Waals surface area contributed by atoms with Crippen LogP contribution in [0.2, 0.25) is 0 Å². The molecular formula is C16H24BrClN4O. The molecule has 2 fully saturated rings. The van der Waals surface area contributed by atoms with Crippen LogP contribution in [0.15, 0.2) is 28.7 Å². The lowest BCUT2D eigenvalue weighted by molar-refractivity contribution is -0.133. The van der Waals surface area contributed by atoms with Crippen molar-refractivity contribution in [2.24, 2.45) is 11.7 Å². The van der Waals surface area contributed by atoms with E-state index in [0.717, 1.165) is 23.9 Å². The lowest BCUT2D eigenvalue weighted by atomic mass is 10.0. The zero-order chi connectivity index (χ0) is 15.7. The fraction of sp³-hybridized carbons (Fsp3) is 0.562. The average Bonchev–Trinajstić information content (AvgIpc) is 3.14. The van der Waals surface area contributed by atoms with Crippen LogP contribution in [0.4, 0.5) is 0 Å². The molecule has 4 N–H and O–H groups in total. The molecule has 0 spiro atoms. The number of likely N-dealkylation sites (tertiary alicyclic amines) is 1. The van der Waals surface area contributed by atoms with Gasteiger partial charge in [-0.1, -0.05) is 28.1 Å². The van der Waals surface area contributed by atoms with Crippen molar-refractivity contribution in [3.63, 3.8) is 0 Å². The van der Waals surface area contributed by atoms with Gasteiger partial charge in [0.25, 0.3) is 0 Å². The highest BCUT2D eigenvalue weighted by atomic mass is 79.9. The van der Waals surface area contributed by atoms with Gasteiger partial charge in [-0.3, -0.25) is 4.79 Å². The Morgan fingerprint density at radius 2 is 2.00 bits per heavy atom. The Balaban J connectivity index is 0.00000192. The molecule has 2 aliphatic rings. The van der Waals surface area contributed by atoms with Crippen molar-refractivity contribution in [3.8, 4) is 0 Å². The minimum absolute atomic E-state index is 0. The first-order chi connectivity index (χ1) is 10.6. The molecule has 5 nitrogen and oxygen atoms in total. The first-order valence-electron chi connectivity index (χ1n) is 7.85. The number of hydrazine groups is 1. The molecule has 23 heavy (non-hydrogen) atoms.